The van der Waals surface area contributed by atoms with Gasteiger partial charge >= 0.3 is 0 Å². The largest absolute Gasteiger partial charge is 0.273 e. The second-order valence-electron chi connectivity index (χ2n) is 5.79. The molecule has 20 heavy (non-hydrogen) atoms. The van der Waals surface area contributed by atoms with Gasteiger partial charge in [-0.05, 0) is 31.0 Å². The molecule has 2 aliphatic rings. The van der Waals surface area contributed by atoms with Gasteiger partial charge in [-0.15, -0.1) is 0 Å². The smallest absolute Gasteiger partial charge is 0.245 e. The van der Waals surface area contributed by atoms with E-state index >= 15 is 0 Å². The Bertz CT molecular complexity index is 597. The molecule has 2 atom stereocenters. The SMILES string of the molecule is C[C@]1(CC#N)CN2CC[C@H](c3cccc(F)c3)N2C1=O. The summed E-state index contributed by atoms with van der Waals surface area (Å²) < 4.78 is 13.4. The topological polar surface area (TPSA) is 47.3 Å². The predicted molar refractivity (Wildman–Crippen MR) is 70.5 cm³/mol. The molecule has 2 saturated heterocycles. The van der Waals surface area contributed by atoms with Crippen LogP contribution in [0.4, 0.5) is 4.39 Å². The van der Waals surface area contributed by atoms with E-state index in [4.69, 9.17) is 5.26 Å². The Labute approximate surface area is 117 Å². The number of benzene rings is 1. The average molecular weight is 273 g/mol. The first-order valence-electron chi connectivity index (χ1n) is 6.76. The number of amides is 1. The Morgan fingerprint density at radius 1 is 1.55 bits per heavy atom. The number of hydrogen-bond acceptors (Lipinski definition) is 3. The van der Waals surface area contributed by atoms with Crippen molar-refractivity contribution in [2.45, 2.75) is 25.8 Å². The van der Waals surface area contributed by atoms with Crippen LogP contribution in [0.5, 0.6) is 0 Å². The molecule has 1 aromatic carbocycles. The fraction of sp³-hybridized carbons (Fsp3) is 0.467. The molecular weight excluding hydrogens is 257 g/mol. The molecule has 3 rings (SSSR count). The lowest BCUT2D eigenvalue weighted by Gasteiger charge is -2.26. The molecule has 0 bridgehead atoms. The highest BCUT2D eigenvalue weighted by molar-refractivity contribution is 5.85. The second-order valence-corrected chi connectivity index (χ2v) is 5.79. The minimum absolute atomic E-state index is 0.0224. The first-order valence-corrected chi connectivity index (χ1v) is 6.76. The Morgan fingerprint density at radius 3 is 3.05 bits per heavy atom. The van der Waals surface area contributed by atoms with Gasteiger partial charge in [0.15, 0.2) is 0 Å². The third-order valence-electron chi connectivity index (χ3n) is 4.22. The number of hydrogen-bond donors (Lipinski definition) is 0. The van der Waals surface area contributed by atoms with Crippen LogP contribution in [0, 0.1) is 22.6 Å². The maximum atomic E-state index is 13.4. The van der Waals surface area contributed by atoms with E-state index in [-0.39, 0.29) is 24.2 Å². The monoisotopic (exact) mass is 273 g/mol. The number of fused-ring (bicyclic) bond motifs is 1. The molecule has 0 spiro atoms. The van der Waals surface area contributed by atoms with Crippen LogP contribution < -0.4 is 0 Å². The van der Waals surface area contributed by atoms with Crippen LogP contribution in [-0.4, -0.2) is 29.0 Å². The van der Waals surface area contributed by atoms with Gasteiger partial charge in [-0.2, -0.15) is 5.26 Å². The number of nitriles is 1. The molecule has 2 heterocycles. The standard InChI is InChI=1S/C15H16FN3O/c1-15(6-7-17)10-18-8-5-13(19(18)14(15)20)11-3-2-4-12(16)9-11/h2-4,9,13H,5-6,8,10H2,1H3/t13-,15+/m1/s1. The predicted octanol–water partition coefficient (Wildman–Crippen LogP) is 2.25. The van der Waals surface area contributed by atoms with Crippen molar-refractivity contribution in [2.24, 2.45) is 5.41 Å². The van der Waals surface area contributed by atoms with Crippen molar-refractivity contribution >= 4 is 5.91 Å². The molecule has 2 fully saturated rings. The van der Waals surface area contributed by atoms with Crippen LogP contribution >= 0.6 is 0 Å². The minimum atomic E-state index is -0.638. The summed E-state index contributed by atoms with van der Waals surface area (Å²) in [5, 5.41) is 12.6. The van der Waals surface area contributed by atoms with Crippen molar-refractivity contribution in [1.29, 1.82) is 5.26 Å². The Kier molecular flexibility index (Phi) is 2.98. The third-order valence-corrected chi connectivity index (χ3v) is 4.22. The fourth-order valence-electron chi connectivity index (χ4n) is 3.20. The molecule has 4 nitrogen and oxygen atoms in total. The number of rotatable bonds is 2. The normalized spacial score (nSPS) is 29.6. The lowest BCUT2D eigenvalue weighted by molar-refractivity contribution is -0.142. The Morgan fingerprint density at radius 2 is 2.35 bits per heavy atom. The van der Waals surface area contributed by atoms with Crippen LogP contribution in [0.25, 0.3) is 0 Å². The number of nitrogens with zero attached hydrogens (tertiary/aromatic N) is 3. The van der Waals surface area contributed by atoms with Crippen molar-refractivity contribution in [3.63, 3.8) is 0 Å². The van der Waals surface area contributed by atoms with E-state index in [9.17, 15) is 9.18 Å². The van der Waals surface area contributed by atoms with Crippen molar-refractivity contribution in [2.75, 3.05) is 13.1 Å². The molecule has 2 aliphatic heterocycles. The zero-order chi connectivity index (χ0) is 14.3. The van der Waals surface area contributed by atoms with Crippen molar-refractivity contribution < 1.29 is 9.18 Å². The summed E-state index contributed by atoms with van der Waals surface area (Å²) >= 11 is 0. The van der Waals surface area contributed by atoms with Crippen LogP contribution in [0.15, 0.2) is 24.3 Å². The molecule has 0 aliphatic carbocycles. The lowest BCUT2D eigenvalue weighted by Crippen LogP contribution is -2.36. The summed E-state index contributed by atoms with van der Waals surface area (Å²) in [7, 11) is 0. The zero-order valence-electron chi connectivity index (χ0n) is 11.3. The molecule has 0 unspecified atom stereocenters. The van der Waals surface area contributed by atoms with E-state index in [1.807, 2.05) is 18.0 Å². The van der Waals surface area contributed by atoms with Gasteiger partial charge in [0.1, 0.15) is 5.82 Å². The maximum absolute atomic E-state index is 13.4. The van der Waals surface area contributed by atoms with Crippen molar-refractivity contribution in [1.82, 2.24) is 10.0 Å². The van der Waals surface area contributed by atoms with Gasteiger partial charge < -0.3 is 0 Å². The van der Waals surface area contributed by atoms with Crippen LogP contribution in [0.2, 0.25) is 0 Å². The minimum Gasteiger partial charge on any atom is -0.273 e. The third kappa shape index (κ3) is 1.88. The highest BCUT2D eigenvalue weighted by Gasteiger charge is 2.52. The molecule has 0 aromatic heterocycles. The molecule has 104 valence electrons. The van der Waals surface area contributed by atoms with Crippen LogP contribution in [-0.2, 0) is 4.79 Å². The van der Waals surface area contributed by atoms with E-state index in [1.165, 1.54) is 12.1 Å². The first kappa shape index (κ1) is 13.1. The van der Waals surface area contributed by atoms with E-state index in [2.05, 4.69) is 6.07 Å². The second kappa shape index (κ2) is 4.57. The van der Waals surface area contributed by atoms with Gasteiger partial charge in [-0.3, -0.25) is 9.80 Å². The summed E-state index contributed by atoms with van der Waals surface area (Å²) in [5.41, 5.74) is 0.183. The summed E-state index contributed by atoms with van der Waals surface area (Å²) in [6, 6.07) is 8.40. The van der Waals surface area contributed by atoms with E-state index in [1.54, 1.807) is 11.1 Å². The van der Waals surface area contributed by atoms with Gasteiger partial charge in [0, 0.05) is 13.1 Å². The van der Waals surface area contributed by atoms with Crippen molar-refractivity contribution in [3.05, 3.63) is 35.6 Å². The maximum Gasteiger partial charge on any atom is 0.245 e. The van der Waals surface area contributed by atoms with Gasteiger partial charge in [-0.1, -0.05) is 12.1 Å². The highest BCUT2D eigenvalue weighted by Crippen LogP contribution is 2.43. The van der Waals surface area contributed by atoms with Crippen LogP contribution in [0.1, 0.15) is 31.4 Å². The van der Waals surface area contributed by atoms with E-state index in [0.717, 1.165) is 18.5 Å². The lowest BCUT2D eigenvalue weighted by atomic mass is 9.86. The quantitative estimate of drug-likeness (QED) is 0.830. The van der Waals surface area contributed by atoms with Gasteiger partial charge in [0.05, 0.1) is 23.9 Å². The van der Waals surface area contributed by atoms with E-state index in [0.29, 0.717) is 6.54 Å². The number of halogens is 1. The van der Waals surface area contributed by atoms with Crippen molar-refractivity contribution in [3.8, 4) is 6.07 Å². The molecule has 5 heteroatoms. The molecule has 0 N–H and O–H groups in total. The fourth-order valence-corrected chi connectivity index (χ4v) is 3.20. The molecular formula is C15H16FN3O. The molecule has 0 radical (unpaired) electrons. The van der Waals surface area contributed by atoms with Gasteiger partial charge in [-0.25, -0.2) is 9.40 Å². The average Bonchev–Trinajstić information content (AvgIpc) is 2.90. The van der Waals surface area contributed by atoms with Gasteiger partial charge in [0.25, 0.3) is 0 Å². The molecule has 1 aromatic rings. The number of carbonyl (C=O) groups is 1. The Balaban J connectivity index is 1.91. The summed E-state index contributed by atoms with van der Waals surface area (Å²) in [5.74, 6) is -0.307. The number of carbonyl (C=O) groups excluding carboxylic acids is 1. The van der Waals surface area contributed by atoms with Crippen LogP contribution in [0.3, 0.4) is 0 Å². The first-order chi connectivity index (χ1) is 9.55. The van der Waals surface area contributed by atoms with Gasteiger partial charge in [0.2, 0.25) is 5.91 Å². The summed E-state index contributed by atoms with van der Waals surface area (Å²) in [4.78, 5) is 12.6. The zero-order valence-corrected chi connectivity index (χ0v) is 11.3. The summed E-state index contributed by atoms with van der Waals surface area (Å²) in [6.45, 7) is 3.18. The highest BCUT2D eigenvalue weighted by atomic mass is 19.1. The summed E-state index contributed by atoms with van der Waals surface area (Å²) in [6.07, 6.45) is 1.02. The van der Waals surface area contributed by atoms with E-state index < -0.39 is 5.41 Å². The molecule has 0 saturated carbocycles. The number of hydrazine groups is 1. The Hall–Kier alpha value is -1.93. The molecule has 1 amide bonds.